The smallest absolute Gasteiger partial charge is 0.313 e. The summed E-state index contributed by atoms with van der Waals surface area (Å²) in [5.74, 6) is -0.335. The van der Waals surface area contributed by atoms with Crippen LogP contribution in [0.2, 0.25) is 0 Å². The normalized spacial score (nSPS) is 12.3. The first kappa shape index (κ1) is 12.6. The summed E-state index contributed by atoms with van der Waals surface area (Å²) in [7, 11) is 0. The number of hydrogen-bond acceptors (Lipinski definition) is 3. The Hall–Kier alpha value is -1.90. The first-order valence-electron chi connectivity index (χ1n) is 6.27. The molecule has 3 heteroatoms. The zero-order valence-corrected chi connectivity index (χ0v) is 10.7. The predicted molar refractivity (Wildman–Crippen MR) is 71.4 cm³/mol. The Morgan fingerprint density at radius 2 is 2.17 bits per heavy atom. The highest BCUT2D eigenvalue weighted by atomic mass is 16.5. The first-order chi connectivity index (χ1) is 8.76. The van der Waals surface area contributed by atoms with Crippen LogP contribution in [0.4, 0.5) is 0 Å². The molecule has 3 nitrogen and oxygen atoms in total. The fourth-order valence-electron chi connectivity index (χ4n) is 2.09. The summed E-state index contributed by atoms with van der Waals surface area (Å²) in [6.07, 6.45) is 2.51. The molecule has 94 valence electrons. The fourth-order valence-corrected chi connectivity index (χ4v) is 2.09. The van der Waals surface area contributed by atoms with E-state index in [1.54, 1.807) is 6.20 Å². The lowest BCUT2D eigenvalue weighted by molar-refractivity contribution is -0.145. The van der Waals surface area contributed by atoms with Crippen molar-refractivity contribution in [2.45, 2.75) is 26.2 Å². The summed E-state index contributed by atoms with van der Waals surface area (Å²) in [6, 6.07) is 9.83. The highest BCUT2D eigenvalue weighted by molar-refractivity contribution is 5.83. The molecule has 18 heavy (non-hydrogen) atoms. The molecule has 0 spiro atoms. The Labute approximate surface area is 107 Å². The van der Waals surface area contributed by atoms with Gasteiger partial charge in [-0.1, -0.05) is 19.1 Å². The lowest BCUT2D eigenvalue weighted by Crippen LogP contribution is -2.15. The van der Waals surface area contributed by atoms with Crippen molar-refractivity contribution in [3.8, 4) is 0 Å². The van der Waals surface area contributed by atoms with Gasteiger partial charge in [0.15, 0.2) is 0 Å². The van der Waals surface area contributed by atoms with E-state index in [0.29, 0.717) is 6.61 Å². The van der Waals surface area contributed by atoms with Crippen molar-refractivity contribution in [3.05, 3.63) is 42.1 Å². The van der Waals surface area contributed by atoms with E-state index < -0.39 is 0 Å². The largest absolute Gasteiger partial charge is 0.466 e. The van der Waals surface area contributed by atoms with Crippen molar-refractivity contribution < 1.29 is 9.53 Å². The molecule has 0 bridgehead atoms. The van der Waals surface area contributed by atoms with E-state index >= 15 is 0 Å². The van der Waals surface area contributed by atoms with E-state index in [9.17, 15) is 4.79 Å². The molecule has 0 amide bonds. The van der Waals surface area contributed by atoms with Crippen molar-refractivity contribution in [2.75, 3.05) is 6.61 Å². The second-order valence-electron chi connectivity index (χ2n) is 4.17. The zero-order chi connectivity index (χ0) is 13.0. The Morgan fingerprint density at radius 3 is 2.89 bits per heavy atom. The molecule has 1 aromatic carbocycles. The maximum Gasteiger partial charge on any atom is 0.313 e. The molecule has 2 aromatic rings. The van der Waals surface area contributed by atoms with Gasteiger partial charge < -0.3 is 4.74 Å². The number of hydrogen-bond donors (Lipinski definition) is 0. The van der Waals surface area contributed by atoms with Crippen LogP contribution < -0.4 is 0 Å². The highest BCUT2D eigenvalue weighted by Gasteiger charge is 2.19. The van der Waals surface area contributed by atoms with Crippen LogP contribution in [0.15, 0.2) is 36.5 Å². The maximum absolute atomic E-state index is 11.9. The molecule has 0 fully saturated rings. The Morgan fingerprint density at radius 1 is 1.33 bits per heavy atom. The molecule has 1 heterocycles. The Balaban J connectivity index is 2.36. The Kier molecular flexibility index (Phi) is 3.92. The number of fused-ring (bicyclic) bond motifs is 1. The number of carbonyl (C=O) groups excluding carboxylic acids is 1. The summed E-state index contributed by atoms with van der Waals surface area (Å²) in [4.78, 5) is 16.1. The van der Waals surface area contributed by atoms with E-state index in [1.165, 1.54) is 0 Å². The van der Waals surface area contributed by atoms with Crippen LogP contribution >= 0.6 is 0 Å². The first-order valence-corrected chi connectivity index (χ1v) is 6.27. The molecule has 1 unspecified atom stereocenters. The minimum Gasteiger partial charge on any atom is -0.466 e. The van der Waals surface area contributed by atoms with Gasteiger partial charge in [0.25, 0.3) is 0 Å². The van der Waals surface area contributed by atoms with Crippen LogP contribution in [-0.2, 0) is 9.53 Å². The third kappa shape index (κ3) is 2.50. The number of aromatic nitrogens is 1. The number of ether oxygens (including phenoxy) is 1. The van der Waals surface area contributed by atoms with E-state index in [2.05, 4.69) is 4.98 Å². The quantitative estimate of drug-likeness (QED) is 0.773. The van der Waals surface area contributed by atoms with Gasteiger partial charge in [-0.2, -0.15) is 0 Å². The molecule has 0 radical (unpaired) electrons. The van der Waals surface area contributed by atoms with Crippen molar-refractivity contribution in [2.24, 2.45) is 0 Å². The van der Waals surface area contributed by atoms with E-state index in [-0.39, 0.29) is 11.9 Å². The zero-order valence-electron chi connectivity index (χ0n) is 10.7. The van der Waals surface area contributed by atoms with Crippen molar-refractivity contribution in [1.29, 1.82) is 0 Å². The predicted octanol–water partition coefficient (Wildman–Crippen LogP) is 3.29. The number of benzene rings is 1. The van der Waals surface area contributed by atoms with Gasteiger partial charge in [-0.05, 0) is 37.1 Å². The van der Waals surface area contributed by atoms with Gasteiger partial charge in [-0.15, -0.1) is 0 Å². The molecule has 1 aromatic heterocycles. The highest BCUT2D eigenvalue weighted by Crippen LogP contribution is 2.24. The van der Waals surface area contributed by atoms with Crippen LogP contribution in [0.3, 0.4) is 0 Å². The third-order valence-electron chi connectivity index (χ3n) is 3.01. The molecule has 0 saturated heterocycles. The number of rotatable bonds is 4. The van der Waals surface area contributed by atoms with Crippen LogP contribution in [0.25, 0.3) is 10.9 Å². The van der Waals surface area contributed by atoms with Gasteiger partial charge >= 0.3 is 5.97 Å². The average molecular weight is 243 g/mol. The van der Waals surface area contributed by atoms with E-state index in [1.807, 2.05) is 44.2 Å². The molecule has 0 aliphatic heterocycles. The molecular weight excluding hydrogens is 226 g/mol. The fraction of sp³-hybridized carbons (Fsp3) is 0.333. The van der Waals surface area contributed by atoms with Gasteiger partial charge in [0.05, 0.1) is 18.0 Å². The molecule has 0 aliphatic carbocycles. The van der Waals surface area contributed by atoms with Crippen LogP contribution in [0, 0.1) is 0 Å². The lowest BCUT2D eigenvalue weighted by Gasteiger charge is -2.14. The van der Waals surface area contributed by atoms with Crippen LogP contribution in [-0.4, -0.2) is 17.6 Å². The second-order valence-corrected chi connectivity index (χ2v) is 4.17. The number of nitrogens with zero attached hydrogens (tertiary/aromatic N) is 1. The van der Waals surface area contributed by atoms with Crippen LogP contribution in [0.5, 0.6) is 0 Å². The molecule has 2 rings (SSSR count). The summed E-state index contributed by atoms with van der Waals surface area (Å²) in [6.45, 7) is 4.24. The summed E-state index contributed by atoms with van der Waals surface area (Å²) < 4.78 is 5.11. The van der Waals surface area contributed by atoms with Gasteiger partial charge in [-0.25, -0.2) is 0 Å². The van der Waals surface area contributed by atoms with E-state index in [4.69, 9.17) is 4.74 Å². The third-order valence-corrected chi connectivity index (χ3v) is 3.01. The molecule has 1 atom stereocenters. The molecular formula is C15H17NO2. The minimum atomic E-state index is -0.186. The standard InChI is InChI=1S/C15H17NO2/c1-3-13(15(17)18-4-2)11-7-8-14-12(10-11)6-5-9-16-14/h5-10,13H,3-4H2,1-2H3. The number of carbonyl (C=O) groups is 1. The van der Waals surface area contributed by atoms with Gasteiger partial charge in [0.1, 0.15) is 0 Å². The number of pyridine rings is 1. The average Bonchev–Trinajstić information content (AvgIpc) is 2.40. The molecule has 0 aliphatic rings. The SMILES string of the molecule is CCOC(=O)C(CC)c1ccc2ncccc2c1. The number of esters is 1. The van der Waals surface area contributed by atoms with Crippen molar-refractivity contribution >= 4 is 16.9 Å². The van der Waals surface area contributed by atoms with Gasteiger partial charge in [0.2, 0.25) is 0 Å². The lowest BCUT2D eigenvalue weighted by atomic mass is 9.95. The topological polar surface area (TPSA) is 39.2 Å². The van der Waals surface area contributed by atoms with Crippen molar-refractivity contribution in [3.63, 3.8) is 0 Å². The summed E-state index contributed by atoms with van der Waals surface area (Å²) >= 11 is 0. The Bertz CT molecular complexity index is 551. The summed E-state index contributed by atoms with van der Waals surface area (Å²) in [5, 5.41) is 1.05. The second kappa shape index (κ2) is 5.63. The van der Waals surface area contributed by atoms with Gasteiger partial charge in [-0.3, -0.25) is 9.78 Å². The summed E-state index contributed by atoms with van der Waals surface area (Å²) in [5.41, 5.74) is 1.94. The van der Waals surface area contributed by atoms with Crippen LogP contribution in [0.1, 0.15) is 31.7 Å². The minimum absolute atomic E-state index is 0.150. The molecule has 0 saturated carbocycles. The van der Waals surface area contributed by atoms with E-state index in [0.717, 1.165) is 22.9 Å². The molecule has 0 N–H and O–H groups in total. The van der Waals surface area contributed by atoms with Crippen molar-refractivity contribution in [1.82, 2.24) is 4.98 Å². The van der Waals surface area contributed by atoms with Gasteiger partial charge in [0, 0.05) is 11.6 Å². The monoisotopic (exact) mass is 243 g/mol. The maximum atomic E-state index is 11.9.